The smallest absolute Gasteiger partial charge is 0.162 e. The number of rotatable bonds is 6. The first kappa shape index (κ1) is 16.6. The molecule has 0 radical (unpaired) electrons. The number of hydrogen-bond donors (Lipinski definition) is 1. The number of fused-ring (bicyclic) bond motifs is 1. The van der Waals surface area contributed by atoms with Gasteiger partial charge in [-0.15, -0.1) is 0 Å². The van der Waals surface area contributed by atoms with Crippen LogP contribution in [0.15, 0.2) is 22.8 Å². The number of ketones is 1. The predicted octanol–water partition coefficient (Wildman–Crippen LogP) is 4.97. The first-order chi connectivity index (χ1) is 11.4. The van der Waals surface area contributed by atoms with Gasteiger partial charge in [-0.3, -0.25) is 4.79 Å². The van der Waals surface area contributed by atoms with Gasteiger partial charge in [-0.2, -0.15) is 0 Å². The van der Waals surface area contributed by atoms with Crippen molar-refractivity contribution in [2.24, 2.45) is 22.2 Å². The lowest BCUT2D eigenvalue weighted by atomic mass is 9.56. The highest BCUT2D eigenvalue weighted by Crippen LogP contribution is 2.96. The summed E-state index contributed by atoms with van der Waals surface area (Å²) >= 11 is 0. The zero-order valence-corrected chi connectivity index (χ0v) is 15.7. The molecule has 0 bridgehead atoms. The Balaban J connectivity index is 1.76. The normalized spacial score (nSPS) is 45.9. The Kier molecular flexibility index (Phi) is 3.50. The zero-order valence-electron chi connectivity index (χ0n) is 15.7. The Morgan fingerprint density at radius 2 is 2.00 bits per heavy atom. The summed E-state index contributed by atoms with van der Waals surface area (Å²) < 4.78 is 0. The Morgan fingerprint density at radius 3 is 2.58 bits per heavy atom. The van der Waals surface area contributed by atoms with E-state index in [1.54, 1.807) is 0 Å². The highest BCUT2D eigenvalue weighted by Gasteiger charge is 2.91. The average molecular weight is 328 g/mol. The Labute approximate surface area is 146 Å². The van der Waals surface area contributed by atoms with Gasteiger partial charge in [0.15, 0.2) is 5.78 Å². The SMILES string of the molecule is CCCCCC1=C(C23C=C(C)C4(CC)CC2C43C)C(=O)CC(O)C1. The summed E-state index contributed by atoms with van der Waals surface area (Å²) in [7, 11) is 0. The van der Waals surface area contributed by atoms with Crippen molar-refractivity contribution in [1.82, 2.24) is 0 Å². The van der Waals surface area contributed by atoms with Crippen LogP contribution in [-0.4, -0.2) is 17.0 Å². The molecule has 4 aliphatic rings. The van der Waals surface area contributed by atoms with Gasteiger partial charge in [0.05, 0.1) is 6.10 Å². The molecule has 0 aliphatic heterocycles. The fraction of sp³-hybridized carbons (Fsp3) is 0.773. The quantitative estimate of drug-likeness (QED) is 0.552. The molecule has 24 heavy (non-hydrogen) atoms. The second kappa shape index (κ2) is 5.06. The first-order valence-corrected chi connectivity index (χ1v) is 10.0. The van der Waals surface area contributed by atoms with Crippen molar-refractivity contribution in [3.8, 4) is 0 Å². The number of hydrogen-bond acceptors (Lipinski definition) is 2. The van der Waals surface area contributed by atoms with Crippen LogP contribution in [-0.2, 0) is 4.79 Å². The lowest BCUT2D eigenvalue weighted by Gasteiger charge is -2.47. The van der Waals surface area contributed by atoms with Crippen LogP contribution in [0.2, 0.25) is 0 Å². The summed E-state index contributed by atoms with van der Waals surface area (Å²) in [5.74, 6) is 0.913. The minimum Gasteiger partial charge on any atom is -0.392 e. The Bertz CT molecular complexity index is 657. The fourth-order valence-electron chi connectivity index (χ4n) is 7.17. The second-order valence-corrected chi connectivity index (χ2v) is 9.01. The van der Waals surface area contributed by atoms with E-state index in [2.05, 4.69) is 33.8 Å². The number of aliphatic hydroxyl groups is 1. The molecule has 0 aromatic rings. The summed E-state index contributed by atoms with van der Waals surface area (Å²) in [5.41, 5.74) is 4.60. The minimum atomic E-state index is -0.458. The molecule has 0 heterocycles. The molecule has 0 spiro atoms. The Morgan fingerprint density at radius 1 is 1.25 bits per heavy atom. The van der Waals surface area contributed by atoms with Crippen molar-refractivity contribution in [3.63, 3.8) is 0 Å². The first-order valence-electron chi connectivity index (χ1n) is 10.0. The highest BCUT2D eigenvalue weighted by atomic mass is 16.3. The summed E-state index contributed by atoms with van der Waals surface area (Å²) in [6, 6.07) is 0. The van der Waals surface area contributed by atoms with Crippen molar-refractivity contribution in [3.05, 3.63) is 22.8 Å². The monoisotopic (exact) mass is 328 g/mol. The van der Waals surface area contributed by atoms with Gasteiger partial charge in [-0.25, -0.2) is 0 Å². The molecule has 0 aromatic heterocycles. The van der Waals surface area contributed by atoms with Crippen LogP contribution in [0.4, 0.5) is 0 Å². The van der Waals surface area contributed by atoms with Gasteiger partial charge in [-0.1, -0.05) is 50.8 Å². The highest BCUT2D eigenvalue weighted by molar-refractivity contribution is 6.01. The van der Waals surface area contributed by atoms with Crippen molar-refractivity contribution >= 4 is 5.78 Å². The summed E-state index contributed by atoms with van der Waals surface area (Å²) in [4.78, 5) is 13.0. The topological polar surface area (TPSA) is 37.3 Å². The molecule has 132 valence electrons. The van der Waals surface area contributed by atoms with Crippen molar-refractivity contribution in [1.29, 1.82) is 0 Å². The van der Waals surface area contributed by atoms with Crippen LogP contribution in [0.1, 0.15) is 79.1 Å². The molecule has 0 aromatic carbocycles. The van der Waals surface area contributed by atoms with E-state index in [0.29, 0.717) is 17.8 Å². The molecule has 0 saturated heterocycles. The van der Waals surface area contributed by atoms with Crippen molar-refractivity contribution in [2.75, 3.05) is 0 Å². The lowest BCUT2D eigenvalue weighted by molar-refractivity contribution is -0.118. The van der Waals surface area contributed by atoms with Gasteiger partial charge in [0, 0.05) is 17.4 Å². The number of aliphatic hydroxyl groups excluding tert-OH is 1. The number of unbranched alkanes of at least 4 members (excludes halogenated alkanes) is 2. The minimum absolute atomic E-state index is 0.0197. The van der Waals surface area contributed by atoms with E-state index >= 15 is 0 Å². The molecule has 2 saturated carbocycles. The van der Waals surface area contributed by atoms with Gasteiger partial charge in [0.25, 0.3) is 0 Å². The van der Waals surface area contributed by atoms with E-state index in [1.807, 2.05) is 0 Å². The zero-order chi connectivity index (χ0) is 17.3. The second-order valence-electron chi connectivity index (χ2n) is 9.01. The van der Waals surface area contributed by atoms with Crippen LogP contribution < -0.4 is 0 Å². The predicted molar refractivity (Wildman–Crippen MR) is 96.5 cm³/mol. The van der Waals surface area contributed by atoms with Crippen LogP contribution >= 0.6 is 0 Å². The molecule has 2 nitrogen and oxygen atoms in total. The fourth-order valence-corrected chi connectivity index (χ4v) is 7.17. The molecule has 4 aliphatic carbocycles. The maximum Gasteiger partial charge on any atom is 0.162 e. The molecular formula is C22H32O2. The molecule has 2 fully saturated rings. The van der Waals surface area contributed by atoms with Crippen molar-refractivity contribution in [2.45, 2.75) is 85.2 Å². The number of carbonyl (C=O) groups is 1. The van der Waals surface area contributed by atoms with E-state index in [-0.39, 0.29) is 16.6 Å². The van der Waals surface area contributed by atoms with Gasteiger partial charge in [0.1, 0.15) is 0 Å². The Hall–Kier alpha value is -0.890. The third-order valence-corrected chi connectivity index (χ3v) is 8.40. The van der Waals surface area contributed by atoms with E-state index in [4.69, 9.17) is 0 Å². The standard InChI is InChI=1S/C22H32O2/c1-5-7-8-9-15-10-16(23)11-17(24)19(15)22-12-14(3)21(6-2)13-18(22)20(21,22)4/h12,16,18,23H,5-11,13H2,1-4H3. The van der Waals surface area contributed by atoms with Gasteiger partial charge < -0.3 is 5.11 Å². The van der Waals surface area contributed by atoms with Crippen molar-refractivity contribution < 1.29 is 9.90 Å². The average Bonchev–Trinajstić information content (AvgIpc) is 2.86. The third kappa shape index (κ3) is 1.60. The third-order valence-electron chi connectivity index (χ3n) is 8.40. The summed E-state index contributed by atoms with van der Waals surface area (Å²) in [6.07, 6.45) is 10.1. The molecule has 4 rings (SSSR count). The molecule has 5 atom stereocenters. The van der Waals surface area contributed by atoms with Gasteiger partial charge in [0.2, 0.25) is 0 Å². The summed E-state index contributed by atoms with van der Waals surface area (Å²) in [6.45, 7) is 9.26. The van der Waals surface area contributed by atoms with Crippen LogP contribution in [0, 0.1) is 22.2 Å². The molecular weight excluding hydrogens is 296 g/mol. The van der Waals surface area contributed by atoms with Gasteiger partial charge >= 0.3 is 0 Å². The van der Waals surface area contributed by atoms with E-state index < -0.39 is 6.10 Å². The van der Waals surface area contributed by atoms with Crippen LogP contribution in [0.5, 0.6) is 0 Å². The lowest BCUT2D eigenvalue weighted by Crippen LogP contribution is -2.40. The maximum atomic E-state index is 13.0. The summed E-state index contributed by atoms with van der Waals surface area (Å²) in [5, 5.41) is 10.2. The molecule has 5 unspecified atom stereocenters. The largest absolute Gasteiger partial charge is 0.392 e. The van der Waals surface area contributed by atoms with Gasteiger partial charge in [-0.05, 0) is 55.8 Å². The molecule has 0 amide bonds. The van der Waals surface area contributed by atoms with E-state index in [9.17, 15) is 9.90 Å². The maximum absolute atomic E-state index is 13.0. The van der Waals surface area contributed by atoms with Crippen LogP contribution in [0.3, 0.4) is 0 Å². The van der Waals surface area contributed by atoms with E-state index in [1.165, 1.54) is 36.8 Å². The number of allylic oxidation sites excluding steroid dienone is 3. The number of carbonyl (C=O) groups excluding carboxylic acids is 1. The van der Waals surface area contributed by atoms with E-state index in [0.717, 1.165) is 24.8 Å². The molecule has 1 N–H and O–H groups in total. The molecule has 2 heteroatoms. The van der Waals surface area contributed by atoms with Crippen LogP contribution in [0.25, 0.3) is 0 Å². The number of Topliss-reactive ketones (excluding diaryl/α,β-unsaturated/α-hetero) is 1.